The molecule has 0 bridgehead atoms. The number of hydrogen-bond donors (Lipinski definition) is 0. The summed E-state index contributed by atoms with van der Waals surface area (Å²) in [6.45, 7) is 10.4. The van der Waals surface area contributed by atoms with E-state index in [1.165, 1.54) is 4.90 Å². The number of H-pyrrole nitrogens is 1. The van der Waals surface area contributed by atoms with Gasteiger partial charge in [-0.1, -0.05) is 62.9 Å². The Morgan fingerprint density at radius 1 is 1.03 bits per heavy atom. The number of likely N-dealkylation sites (tertiary alicyclic amines) is 1. The lowest BCUT2D eigenvalue weighted by Crippen LogP contribution is -2.29. The topological polar surface area (TPSA) is 83.8 Å². The van der Waals surface area contributed by atoms with E-state index in [0.29, 0.717) is 11.3 Å². The maximum absolute atomic E-state index is 13.7. The molecule has 186 valence electrons. The van der Waals surface area contributed by atoms with Crippen molar-refractivity contribution in [3.63, 3.8) is 0 Å². The highest BCUT2D eigenvalue weighted by Crippen LogP contribution is 2.40. The van der Waals surface area contributed by atoms with Crippen molar-refractivity contribution in [3.05, 3.63) is 101 Å². The minimum atomic E-state index is -0.779. The predicted molar refractivity (Wildman–Crippen MR) is 136 cm³/mol. The number of ketones is 1. The zero-order valence-corrected chi connectivity index (χ0v) is 21.4. The molecule has 1 saturated heterocycles. The van der Waals surface area contributed by atoms with Crippen LogP contribution in [0.25, 0.3) is 5.76 Å². The molecule has 2 aromatic carbocycles. The Hall–Kier alpha value is -3.93. The van der Waals surface area contributed by atoms with Gasteiger partial charge in [-0.15, -0.1) is 0 Å². The molecule has 1 fully saturated rings. The molecule has 6 heteroatoms. The van der Waals surface area contributed by atoms with Gasteiger partial charge in [-0.3, -0.25) is 9.59 Å². The van der Waals surface area contributed by atoms with Crippen LogP contribution < -0.4 is 14.8 Å². The van der Waals surface area contributed by atoms with Gasteiger partial charge in [-0.2, -0.15) is 0 Å². The minimum absolute atomic E-state index is 0.000743. The van der Waals surface area contributed by atoms with E-state index >= 15 is 0 Å². The number of ether oxygens (including phenoxy) is 1. The fourth-order valence-corrected chi connectivity index (χ4v) is 4.38. The molecule has 36 heavy (non-hydrogen) atoms. The Bertz CT molecular complexity index is 1270. The van der Waals surface area contributed by atoms with E-state index < -0.39 is 23.5 Å². The maximum atomic E-state index is 13.7. The van der Waals surface area contributed by atoms with Crippen LogP contribution in [0.5, 0.6) is 5.75 Å². The average molecular weight is 485 g/mol. The summed E-state index contributed by atoms with van der Waals surface area (Å²) >= 11 is 0. The number of amides is 1. The van der Waals surface area contributed by atoms with Crippen molar-refractivity contribution in [2.45, 2.75) is 58.7 Å². The second-order valence-corrected chi connectivity index (χ2v) is 10.4. The van der Waals surface area contributed by atoms with Crippen LogP contribution in [0.2, 0.25) is 0 Å². The van der Waals surface area contributed by atoms with E-state index in [9.17, 15) is 14.7 Å². The van der Waals surface area contributed by atoms with E-state index in [0.717, 1.165) is 16.7 Å². The predicted octanol–water partition coefficient (Wildman–Crippen LogP) is 4.01. The summed E-state index contributed by atoms with van der Waals surface area (Å²) in [6, 6.07) is 17.4. The first-order valence-electron chi connectivity index (χ1n) is 12.1. The van der Waals surface area contributed by atoms with Crippen molar-refractivity contribution in [2.75, 3.05) is 0 Å². The molecule has 0 radical (unpaired) electrons. The number of pyridine rings is 1. The number of carbonyl (C=O) groups excluding carboxylic acids is 2. The van der Waals surface area contributed by atoms with Gasteiger partial charge in [-0.05, 0) is 54.2 Å². The SMILES string of the molecule is CC(C)Oc1ccc(/C([O-])=C2\C(=O)C(=O)N(Cc3ccc[nH+]c3)C2c2ccc(C(C)(C)C)cc2)cc1. The summed E-state index contributed by atoms with van der Waals surface area (Å²) < 4.78 is 5.67. The minimum Gasteiger partial charge on any atom is -0.872 e. The van der Waals surface area contributed by atoms with Crippen molar-refractivity contribution >= 4 is 17.4 Å². The lowest BCUT2D eigenvalue weighted by molar-refractivity contribution is -0.378. The number of benzene rings is 2. The third-order valence-electron chi connectivity index (χ3n) is 6.23. The summed E-state index contributed by atoms with van der Waals surface area (Å²) in [6.07, 6.45) is 3.56. The number of aromatic amines is 1. The van der Waals surface area contributed by atoms with Crippen LogP contribution in [0.1, 0.15) is 62.9 Å². The van der Waals surface area contributed by atoms with Gasteiger partial charge >= 0.3 is 0 Å². The Morgan fingerprint density at radius 3 is 2.25 bits per heavy atom. The van der Waals surface area contributed by atoms with Crippen molar-refractivity contribution in [1.82, 2.24) is 4.90 Å². The molecule has 0 aliphatic carbocycles. The van der Waals surface area contributed by atoms with E-state index in [2.05, 4.69) is 25.8 Å². The average Bonchev–Trinajstić information content (AvgIpc) is 3.09. The van der Waals surface area contributed by atoms with Crippen LogP contribution in [0, 0.1) is 0 Å². The number of carbonyl (C=O) groups is 2. The van der Waals surface area contributed by atoms with E-state index in [1.807, 2.05) is 50.2 Å². The van der Waals surface area contributed by atoms with Crippen LogP contribution >= 0.6 is 0 Å². The van der Waals surface area contributed by atoms with E-state index in [4.69, 9.17) is 4.74 Å². The molecule has 1 N–H and O–H groups in total. The summed E-state index contributed by atoms with van der Waals surface area (Å²) in [5.74, 6) is -1.24. The summed E-state index contributed by atoms with van der Waals surface area (Å²) in [5.41, 5.74) is 2.94. The van der Waals surface area contributed by atoms with Crippen molar-refractivity contribution in [2.24, 2.45) is 0 Å². The molecule has 1 aliphatic heterocycles. The van der Waals surface area contributed by atoms with E-state index in [-0.39, 0.29) is 23.6 Å². The van der Waals surface area contributed by atoms with Crippen molar-refractivity contribution in [1.29, 1.82) is 0 Å². The van der Waals surface area contributed by atoms with Gasteiger partial charge in [0.1, 0.15) is 5.75 Å². The second-order valence-electron chi connectivity index (χ2n) is 10.4. The molecule has 0 saturated carbocycles. The molecule has 1 aliphatic rings. The van der Waals surface area contributed by atoms with Gasteiger partial charge in [0, 0.05) is 17.2 Å². The Balaban J connectivity index is 1.80. The second kappa shape index (κ2) is 9.97. The molecular formula is C30H32N2O4. The molecule has 6 nitrogen and oxygen atoms in total. The smallest absolute Gasteiger partial charge is 0.295 e. The summed E-state index contributed by atoms with van der Waals surface area (Å²) in [7, 11) is 0. The monoisotopic (exact) mass is 484 g/mol. The van der Waals surface area contributed by atoms with Gasteiger partial charge in [0.05, 0.1) is 18.7 Å². The molecule has 1 atom stereocenters. The molecule has 1 unspecified atom stereocenters. The molecule has 1 aromatic heterocycles. The highest BCUT2D eigenvalue weighted by molar-refractivity contribution is 6.46. The van der Waals surface area contributed by atoms with Crippen molar-refractivity contribution < 1.29 is 24.4 Å². The first-order valence-corrected chi connectivity index (χ1v) is 12.1. The summed E-state index contributed by atoms with van der Waals surface area (Å²) in [5, 5.41) is 13.7. The number of aromatic nitrogens is 1. The number of rotatable bonds is 6. The number of Topliss-reactive ketones (excluding diaryl/α,β-unsaturated/α-hetero) is 1. The summed E-state index contributed by atoms with van der Waals surface area (Å²) in [4.78, 5) is 31.0. The fourth-order valence-electron chi connectivity index (χ4n) is 4.38. The molecule has 4 rings (SSSR count). The van der Waals surface area contributed by atoms with E-state index in [1.54, 1.807) is 36.7 Å². The lowest BCUT2D eigenvalue weighted by Gasteiger charge is -2.28. The standard InChI is InChI=1S/C30H32N2O4/c1-19(2)36-24-14-10-22(11-15-24)27(33)25-26(21-8-12-23(13-9-21)30(3,4)5)32(29(35)28(25)34)18-20-7-6-16-31-17-20/h6-17,19,26,33H,18H2,1-5H3/b27-25+. The number of hydrogen-bond acceptors (Lipinski definition) is 4. The largest absolute Gasteiger partial charge is 0.872 e. The maximum Gasteiger partial charge on any atom is 0.295 e. The zero-order chi connectivity index (χ0) is 26.0. The Labute approximate surface area is 212 Å². The van der Waals surface area contributed by atoms with Crippen LogP contribution in [0.3, 0.4) is 0 Å². The third kappa shape index (κ3) is 5.18. The van der Waals surface area contributed by atoms with Crippen LogP contribution in [-0.2, 0) is 21.5 Å². The van der Waals surface area contributed by atoms with Gasteiger partial charge < -0.3 is 14.7 Å². The van der Waals surface area contributed by atoms with Gasteiger partial charge in [0.15, 0.2) is 12.4 Å². The van der Waals surface area contributed by atoms with Crippen LogP contribution in [0.4, 0.5) is 0 Å². The molecule has 3 aromatic rings. The van der Waals surface area contributed by atoms with Gasteiger partial charge in [0.25, 0.3) is 5.91 Å². The normalized spacial score (nSPS) is 17.6. The molecular weight excluding hydrogens is 452 g/mol. The third-order valence-corrected chi connectivity index (χ3v) is 6.23. The molecule has 1 amide bonds. The van der Waals surface area contributed by atoms with Crippen LogP contribution in [0.15, 0.2) is 78.6 Å². The fraction of sp³-hybridized carbons (Fsp3) is 0.300. The Kier molecular flexibility index (Phi) is 6.97. The molecule has 2 heterocycles. The van der Waals surface area contributed by atoms with Crippen LogP contribution in [-0.4, -0.2) is 22.7 Å². The first kappa shape index (κ1) is 25.2. The number of nitrogens with zero attached hydrogens (tertiary/aromatic N) is 1. The molecule has 0 spiro atoms. The number of nitrogens with one attached hydrogen (secondary N) is 1. The zero-order valence-electron chi connectivity index (χ0n) is 21.4. The van der Waals surface area contributed by atoms with Gasteiger partial charge in [-0.25, -0.2) is 4.98 Å². The quantitative estimate of drug-likeness (QED) is 0.301. The van der Waals surface area contributed by atoms with Gasteiger partial charge in [0.2, 0.25) is 5.78 Å². The lowest BCUT2D eigenvalue weighted by atomic mass is 9.85. The van der Waals surface area contributed by atoms with Crippen molar-refractivity contribution in [3.8, 4) is 5.75 Å². The highest BCUT2D eigenvalue weighted by atomic mass is 16.5. The Morgan fingerprint density at radius 2 is 1.69 bits per heavy atom. The highest BCUT2D eigenvalue weighted by Gasteiger charge is 2.44. The first-order chi connectivity index (χ1) is 17.1.